The van der Waals surface area contributed by atoms with Crippen LogP contribution in [0.1, 0.15) is 2.85 Å². The zero-order chi connectivity index (χ0) is 3.58. The van der Waals surface area contributed by atoms with Gasteiger partial charge in [0.15, 0.2) is 0 Å². The summed E-state index contributed by atoms with van der Waals surface area (Å²) >= 11 is 0. The summed E-state index contributed by atoms with van der Waals surface area (Å²) in [5, 5.41) is 21.5. The van der Waals surface area contributed by atoms with Gasteiger partial charge in [0.25, 0.3) is 0 Å². The topological polar surface area (TPSA) is 60.7 Å². The summed E-state index contributed by atoms with van der Waals surface area (Å²) in [7, 11) is -2.17. The fourth-order valence-corrected chi connectivity index (χ4v) is 0. The SMILES string of the molecule is OB(O)O.[H-].[H-].[Mg+2].[Y]. The molecule has 0 aromatic carbocycles. The van der Waals surface area contributed by atoms with E-state index < -0.39 is 7.32 Å². The van der Waals surface area contributed by atoms with Crippen molar-refractivity contribution in [2.75, 3.05) is 0 Å². The van der Waals surface area contributed by atoms with E-state index in [2.05, 4.69) is 0 Å². The van der Waals surface area contributed by atoms with Crippen LogP contribution in [0.15, 0.2) is 0 Å². The van der Waals surface area contributed by atoms with Crippen molar-refractivity contribution in [2.45, 2.75) is 0 Å². The van der Waals surface area contributed by atoms with E-state index in [0.29, 0.717) is 0 Å². The zero-order valence-electron chi connectivity index (χ0n) is 5.20. The van der Waals surface area contributed by atoms with E-state index in [1.165, 1.54) is 0 Å². The maximum atomic E-state index is 7.17. The molecule has 0 rings (SSSR count). The Morgan fingerprint density at radius 1 is 1.17 bits per heavy atom. The van der Waals surface area contributed by atoms with E-state index >= 15 is 0 Å². The maximum Gasteiger partial charge on any atom is 2.00 e. The van der Waals surface area contributed by atoms with Gasteiger partial charge in [-0.25, -0.2) is 0 Å². The summed E-state index contributed by atoms with van der Waals surface area (Å²) in [4.78, 5) is 0. The summed E-state index contributed by atoms with van der Waals surface area (Å²) in [5.74, 6) is 0. The molecule has 6 heteroatoms. The summed E-state index contributed by atoms with van der Waals surface area (Å²) < 4.78 is 0. The Morgan fingerprint density at radius 3 is 1.17 bits per heavy atom. The minimum Gasteiger partial charge on any atom is -1.00 e. The Balaban J connectivity index is -0.00000000750. The third kappa shape index (κ3) is 40.9. The van der Waals surface area contributed by atoms with E-state index in [4.69, 9.17) is 15.1 Å². The molecule has 0 aliphatic heterocycles. The largest absolute Gasteiger partial charge is 2.00 e. The van der Waals surface area contributed by atoms with Gasteiger partial charge in [-0.1, -0.05) is 0 Å². The Morgan fingerprint density at radius 2 is 1.17 bits per heavy atom. The normalized spacial score (nSPS) is 4.50. The standard InChI is InChI=1S/BH3O3.Mg.Y.2H/c2-1(3)4;;;;/h2-4H;;;;/q;+2;;2*-1. The van der Waals surface area contributed by atoms with E-state index in [9.17, 15) is 0 Å². The molecule has 0 bridgehead atoms. The molecule has 1 radical (unpaired) electrons. The fourth-order valence-electron chi connectivity index (χ4n) is 0. The van der Waals surface area contributed by atoms with Crippen LogP contribution in [-0.4, -0.2) is 45.4 Å². The van der Waals surface area contributed by atoms with Crippen LogP contribution in [0.25, 0.3) is 0 Å². The van der Waals surface area contributed by atoms with Gasteiger partial charge in [-0.05, 0) is 0 Å². The molecule has 0 aromatic heterocycles. The van der Waals surface area contributed by atoms with Crippen LogP contribution >= 0.6 is 0 Å². The molecule has 0 saturated carbocycles. The van der Waals surface area contributed by atoms with Gasteiger partial charge in [0.1, 0.15) is 0 Å². The molecule has 3 nitrogen and oxygen atoms in total. The summed E-state index contributed by atoms with van der Waals surface area (Å²) in [6.45, 7) is 0. The molecule has 3 N–H and O–H groups in total. The number of rotatable bonds is 0. The van der Waals surface area contributed by atoms with Gasteiger partial charge >= 0.3 is 30.4 Å². The van der Waals surface area contributed by atoms with Gasteiger partial charge in [-0.2, -0.15) is 0 Å². The molecule has 0 aliphatic rings. The predicted octanol–water partition coefficient (Wildman–Crippen LogP) is -2.21. The third-order valence-corrected chi connectivity index (χ3v) is 0. The molecule has 31 valence electrons. The van der Waals surface area contributed by atoms with Crippen LogP contribution in [0.5, 0.6) is 0 Å². The van der Waals surface area contributed by atoms with Crippen molar-refractivity contribution < 1.29 is 50.6 Å². The second-order valence-electron chi connectivity index (χ2n) is 0.346. The van der Waals surface area contributed by atoms with Crippen LogP contribution in [0, 0.1) is 0 Å². The van der Waals surface area contributed by atoms with Gasteiger partial charge in [0.2, 0.25) is 0 Å². The van der Waals surface area contributed by atoms with E-state index in [1.54, 1.807) is 0 Å². The molecule has 6 heavy (non-hydrogen) atoms. The second kappa shape index (κ2) is 9.94. The molecule has 0 aliphatic carbocycles. The molecule has 0 saturated heterocycles. The van der Waals surface area contributed by atoms with E-state index in [-0.39, 0.29) is 58.6 Å². The number of hydrogen-bond acceptors (Lipinski definition) is 3. The minimum atomic E-state index is -2.17. The first-order chi connectivity index (χ1) is 1.73. The van der Waals surface area contributed by atoms with Crippen molar-refractivity contribution in [3.63, 3.8) is 0 Å². The van der Waals surface area contributed by atoms with Crippen LogP contribution in [-0.2, 0) is 32.7 Å². The average molecular weight is 177 g/mol. The summed E-state index contributed by atoms with van der Waals surface area (Å²) in [6, 6.07) is 0. The molecular weight excluding hydrogens is 172 g/mol. The quantitative estimate of drug-likeness (QED) is 0.368. The average Bonchev–Trinajstić information content (AvgIpc) is 0.811. The van der Waals surface area contributed by atoms with Crippen molar-refractivity contribution >= 4 is 30.4 Å². The Bertz CT molecular complexity index is 22.0. The van der Waals surface area contributed by atoms with E-state index in [1.807, 2.05) is 0 Å². The van der Waals surface area contributed by atoms with E-state index in [0.717, 1.165) is 0 Å². The first kappa shape index (κ1) is 15.7. The van der Waals surface area contributed by atoms with Crippen LogP contribution in [0.4, 0.5) is 0 Å². The van der Waals surface area contributed by atoms with Gasteiger partial charge < -0.3 is 17.9 Å². The van der Waals surface area contributed by atoms with Gasteiger partial charge in [-0.3, -0.25) is 0 Å². The molecule has 0 amide bonds. The Kier molecular flexibility index (Phi) is 25.9. The maximum absolute atomic E-state index is 7.17. The monoisotopic (exact) mass is 177 g/mol. The van der Waals surface area contributed by atoms with Crippen LogP contribution < -0.4 is 0 Å². The molecule has 0 fully saturated rings. The van der Waals surface area contributed by atoms with Crippen molar-refractivity contribution in [1.29, 1.82) is 0 Å². The minimum absolute atomic E-state index is 0. The smallest absolute Gasteiger partial charge is 1.00 e. The van der Waals surface area contributed by atoms with Crippen molar-refractivity contribution in [2.24, 2.45) is 0 Å². The van der Waals surface area contributed by atoms with Crippen LogP contribution in [0.3, 0.4) is 0 Å². The molecule has 0 aromatic rings. The van der Waals surface area contributed by atoms with Crippen LogP contribution in [0.2, 0.25) is 0 Å². The van der Waals surface area contributed by atoms with Gasteiger partial charge in [-0.15, -0.1) is 0 Å². The summed E-state index contributed by atoms with van der Waals surface area (Å²) in [6.07, 6.45) is 0. The molecule has 0 atom stereocenters. The van der Waals surface area contributed by atoms with Crippen molar-refractivity contribution in [1.82, 2.24) is 0 Å². The number of hydrogen-bond donors (Lipinski definition) is 3. The molecular formula is H5BMgO3Y. The fraction of sp³-hybridized carbons (Fsp3) is 0. The summed E-state index contributed by atoms with van der Waals surface area (Å²) in [5.41, 5.74) is 0. The Labute approximate surface area is 80.3 Å². The first-order valence-corrected chi connectivity index (χ1v) is 0.775. The van der Waals surface area contributed by atoms with Gasteiger partial charge in [0, 0.05) is 32.7 Å². The predicted molar refractivity (Wildman–Crippen MR) is 20.4 cm³/mol. The molecule has 0 spiro atoms. The van der Waals surface area contributed by atoms with Crippen molar-refractivity contribution in [3.05, 3.63) is 0 Å². The second-order valence-corrected chi connectivity index (χ2v) is 0.346. The zero-order valence-corrected chi connectivity index (χ0v) is 7.46. The molecule has 0 unspecified atom stereocenters. The molecule has 0 heterocycles. The van der Waals surface area contributed by atoms with Gasteiger partial charge in [0.05, 0.1) is 0 Å². The Hall–Kier alpha value is 1.82. The third-order valence-electron chi connectivity index (χ3n) is 0. The van der Waals surface area contributed by atoms with Crippen molar-refractivity contribution in [3.8, 4) is 0 Å². The first-order valence-electron chi connectivity index (χ1n) is 0.775.